The summed E-state index contributed by atoms with van der Waals surface area (Å²) in [5, 5.41) is 0. The fourth-order valence-electron chi connectivity index (χ4n) is 1.61. The second-order valence-electron chi connectivity index (χ2n) is 4.38. The summed E-state index contributed by atoms with van der Waals surface area (Å²) in [7, 11) is -3.46. The minimum absolute atomic E-state index is 0.0946. The highest BCUT2D eigenvalue weighted by Gasteiger charge is 2.31. The summed E-state index contributed by atoms with van der Waals surface area (Å²) in [5.74, 6) is -1.13. The highest BCUT2D eigenvalue weighted by Crippen LogP contribution is 2.16. The molecule has 0 fully saturated rings. The van der Waals surface area contributed by atoms with E-state index >= 15 is 0 Å². The van der Waals surface area contributed by atoms with Crippen LogP contribution in [0.2, 0.25) is 0 Å². The lowest BCUT2D eigenvalue weighted by atomic mass is 10.1. The molecule has 0 aromatic rings. The average Bonchev–Trinajstić information content (AvgIpc) is 2.38. The van der Waals surface area contributed by atoms with Crippen molar-refractivity contribution in [1.82, 2.24) is 4.72 Å². The van der Waals surface area contributed by atoms with E-state index in [2.05, 4.69) is 4.72 Å². The molecule has 0 saturated carbocycles. The molecule has 0 bridgehead atoms. The second-order valence-corrected chi connectivity index (χ2v) is 6.42. The van der Waals surface area contributed by atoms with Gasteiger partial charge in [-0.25, -0.2) is 8.42 Å². The van der Waals surface area contributed by atoms with Gasteiger partial charge in [0.1, 0.15) is 25.0 Å². The predicted octanol–water partition coefficient (Wildman–Crippen LogP) is -0.298. The van der Waals surface area contributed by atoms with E-state index in [9.17, 15) is 18.0 Å². The molecule has 9 heteroatoms. The van der Waals surface area contributed by atoms with E-state index in [4.69, 9.17) is 14.2 Å². The molecule has 8 nitrogen and oxygen atoms in total. The van der Waals surface area contributed by atoms with Crippen molar-refractivity contribution in [2.45, 2.75) is 39.2 Å². The van der Waals surface area contributed by atoms with E-state index in [1.807, 2.05) is 0 Å². The zero-order valence-corrected chi connectivity index (χ0v) is 12.9. The van der Waals surface area contributed by atoms with Crippen LogP contribution in [0.5, 0.6) is 0 Å². The highest BCUT2D eigenvalue weighted by molar-refractivity contribution is 7.89. The highest BCUT2D eigenvalue weighted by atomic mass is 32.2. The number of esters is 2. The molecule has 0 unspecified atom stereocenters. The number of ether oxygens (including phenoxy) is 3. The van der Waals surface area contributed by atoms with Gasteiger partial charge in [0.25, 0.3) is 0 Å². The third-order valence-electron chi connectivity index (χ3n) is 2.59. The van der Waals surface area contributed by atoms with Crippen LogP contribution < -0.4 is 4.72 Å². The monoisotopic (exact) mass is 321 g/mol. The van der Waals surface area contributed by atoms with E-state index in [0.29, 0.717) is 0 Å². The third kappa shape index (κ3) is 6.23. The van der Waals surface area contributed by atoms with E-state index in [-0.39, 0.29) is 12.4 Å². The van der Waals surface area contributed by atoms with Crippen molar-refractivity contribution >= 4 is 22.0 Å². The topological polar surface area (TPSA) is 108 Å². The van der Waals surface area contributed by atoms with Gasteiger partial charge in [-0.1, -0.05) is 0 Å². The maximum absolute atomic E-state index is 11.5. The molecule has 120 valence electrons. The molecule has 3 atom stereocenters. The molecule has 0 saturated heterocycles. The number of rotatable bonds is 6. The molecule has 1 N–H and O–H groups in total. The van der Waals surface area contributed by atoms with Crippen LogP contribution in [0.3, 0.4) is 0 Å². The summed E-state index contributed by atoms with van der Waals surface area (Å²) in [6.07, 6.45) is 0.506. The van der Waals surface area contributed by atoms with Crippen LogP contribution in [0.4, 0.5) is 0 Å². The van der Waals surface area contributed by atoms with Gasteiger partial charge < -0.3 is 14.2 Å². The molecule has 0 amide bonds. The molecule has 1 rings (SSSR count). The molecule has 1 heterocycles. The van der Waals surface area contributed by atoms with Crippen LogP contribution in [-0.2, 0) is 33.8 Å². The Morgan fingerprint density at radius 3 is 2.43 bits per heavy atom. The summed E-state index contributed by atoms with van der Waals surface area (Å²) in [4.78, 5) is 21.9. The first-order chi connectivity index (χ1) is 9.73. The Labute approximate surface area is 123 Å². The predicted molar refractivity (Wildman–Crippen MR) is 72.6 cm³/mol. The van der Waals surface area contributed by atoms with Crippen LogP contribution in [0.15, 0.2) is 12.2 Å². The molecule has 0 aliphatic carbocycles. The minimum Gasteiger partial charge on any atom is -0.463 e. The number of hydrogen-bond acceptors (Lipinski definition) is 7. The van der Waals surface area contributed by atoms with Gasteiger partial charge in [-0.05, 0) is 19.1 Å². The Morgan fingerprint density at radius 2 is 1.90 bits per heavy atom. The van der Waals surface area contributed by atoms with E-state index in [0.717, 1.165) is 0 Å². The van der Waals surface area contributed by atoms with Gasteiger partial charge in [-0.15, -0.1) is 0 Å². The Bertz CT molecular complexity index is 514. The standard InChI is InChI=1S/C12H19NO7S/c1-4-21(16,17)13-12-6-5-10(19-9(3)15)11(20-12)7-18-8(2)14/h5-6,10-13H,4,7H2,1-3H3/t10-,11+,12-/m0/s1. The largest absolute Gasteiger partial charge is 0.463 e. The number of nitrogens with one attached hydrogen (secondary N) is 1. The normalized spacial score (nSPS) is 25.4. The van der Waals surface area contributed by atoms with Gasteiger partial charge in [-0.2, -0.15) is 4.72 Å². The van der Waals surface area contributed by atoms with Crippen molar-refractivity contribution in [2.24, 2.45) is 0 Å². The fourth-order valence-corrected chi connectivity index (χ4v) is 2.27. The van der Waals surface area contributed by atoms with Gasteiger partial charge in [0.05, 0.1) is 5.75 Å². The Hall–Kier alpha value is -1.45. The average molecular weight is 321 g/mol. The van der Waals surface area contributed by atoms with Crippen molar-refractivity contribution in [3.05, 3.63) is 12.2 Å². The molecule has 1 aliphatic rings. The smallest absolute Gasteiger partial charge is 0.303 e. The van der Waals surface area contributed by atoms with Crippen molar-refractivity contribution in [3.63, 3.8) is 0 Å². The Balaban J connectivity index is 2.77. The molecule has 0 radical (unpaired) electrons. The first-order valence-electron chi connectivity index (χ1n) is 6.38. The summed E-state index contributed by atoms with van der Waals surface area (Å²) >= 11 is 0. The van der Waals surface area contributed by atoms with Crippen LogP contribution in [0.1, 0.15) is 20.8 Å². The van der Waals surface area contributed by atoms with E-state index < -0.39 is 40.4 Å². The van der Waals surface area contributed by atoms with Crippen molar-refractivity contribution in [1.29, 1.82) is 0 Å². The number of hydrogen-bond donors (Lipinski definition) is 1. The van der Waals surface area contributed by atoms with Gasteiger partial charge in [-0.3, -0.25) is 9.59 Å². The lowest BCUT2D eigenvalue weighted by Crippen LogP contribution is -2.47. The third-order valence-corrected chi connectivity index (χ3v) is 3.94. The lowest BCUT2D eigenvalue weighted by molar-refractivity contribution is -0.163. The number of sulfonamides is 1. The second kappa shape index (κ2) is 7.53. The maximum atomic E-state index is 11.5. The summed E-state index contributed by atoms with van der Waals surface area (Å²) in [5.41, 5.74) is 0. The fraction of sp³-hybridized carbons (Fsp3) is 0.667. The van der Waals surface area contributed by atoms with Crippen LogP contribution >= 0.6 is 0 Å². The van der Waals surface area contributed by atoms with E-state index in [1.165, 1.54) is 32.9 Å². The van der Waals surface area contributed by atoms with Gasteiger partial charge in [0.15, 0.2) is 0 Å². The van der Waals surface area contributed by atoms with Crippen molar-refractivity contribution in [3.8, 4) is 0 Å². The van der Waals surface area contributed by atoms with E-state index in [1.54, 1.807) is 0 Å². The van der Waals surface area contributed by atoms with Crippen molar-refractivity contribution in [2.75, 3.05) is 12.4 Å². The lowest BCUT2D eigenvalue weighted by Gasteiger charge is -2.31. The van der Waals surface area contributed by atoms with Gasteiger partial charge in [0, 0.05) is 13.8 Å². The molecule has 0 aromatic heterocycles. The number of carbonyl (C=O) groups is 2. The summed E-state index contributed by atoms with van der Waals surface area (Å²) in [6.45, 7) is 3.81. The van der Waals surface area contributed by atoms with Gasteiger partial charge in [0.2, 0.25) is 10.0 Å². The Morgan fingerprint density at radius 1 is 1.24 bits per heavy atom. The molecule has 1 aliphatic heterocycles. The molecule has 21 heavy (non-hydrogen) atoms. The molecular formula is C12H19NO7S. The SMILES string of the molecule is CCS(=O)(=O)N[C@@H]1C=C[C@H](OC(C)=O)[C@@H](COC(C)=O)O1. The Kier molecular flexibility index (Phi) is 6.31. The van der Waals surface area contributed by atoms with Crippen LogP contribution in [-0.4, -0.2) is 51.2 Å². The molecular weight excluding hydrogens is 302 g/mol. The first kappa shape index (κ1) is 17.6. The minimum atomic E-state index is -3.46. The number of carbonyl (C=O) groups excluding carboxylic acids is 2. The maximum Gasteiger partial charge on any atom is 0.303 e. The van der Waals surface area contributed by atoms with Crippen molar-refractivity contribution < 1.29 is 32.2 Å². The zero-order valence-electron chi connectivity index (χ0n) is 12.1. The summed E-state index contributed by atoms with van der Waals surface area (Å²) in [6, 6.07) is 0. The first-order valence-corrected chi connectivity index (χ1v) is 8.03. The zero-order chi connectivity index (χ0) is 16.0. The quantitative estimate of drug-likeness (QED) is 0.528. The van der Waals surface area contributed by atoms with Crippen LogP contribution in [0, 0.1) is 0 Å². The van der Waals surface area contributed by atoms with Gasteiger partial charge >= 0.3 is 11.9 Å². The summed E-state index contributed by atoms with van der Waals surface area (Å²) < 4.78 is 40.6. The molecule has 0 spiro atoms. The molecule has 0 aromatic carbocycles. The van der Waals surface area contributed by atoms with Crippen LogP contribution in [0.25, 0.3) is 0 Å².